The van der Waals surface area contributed by atoms with E-state index in [0.29, 0.717) is 22.6 Å². The second-order valence-electron chi connectivity index (χ2n) is 7.84. The highest BCUT2D eigenvalue weighted by molar-refractivity contribution is 7.92. The van der Waals surface area contributed by atoms with Crippen LogP contribution in [0.5, 0.6) is 5.75 Å². The van der Waals surface area contributed by atoms with Crippen LogP contribution >= 0.6 is 0 Å². The Balaban J connectivity index is 1.53. The minimum absolute atomic E-state index is 0.148. The molecule has 9 nitrogen and oxygen atoms in total. The molecular weight excluding hydrogens is 462 g/mol. The molecule has 5 atom stereocenters. The van der Waals surface area contributed by atoms with Crippen LogP contribution in [0.1, 0.15) is 0 Å². The van der Waals surface area contributed by atoms with Gasteiger partial charge in [-0.3, -0.25) is 4.72 Å². The summed E-state index contributed by atoms with van der Waals surface area (Å²) < 4.78 is 38.9. The van der Waals surface area contributed by atoms with Gasteiger partial charge in [0.15, 0.2) is 0 Å². The van der Waals surface area contributed by atoms with Crippen molar-refractivity contribution in [2.24, 2.45) is 0 Å². The summed E-state index contributed by atoms with van der Waals surface area (Å²) in [6, 6.07) is 21.6. The van der Waals surface area contributed by atoms with Crippen LogP contribution in [-0.2, 0) is 14.8 Å². The van der Waals surface area contributed by atoms with Gasteiger partial charge >= 0.3 is 0 Å². The number of rotatable bonds is 7. The molecule has 3 aromatic rings. The maximum atomic E-state index is 12.6. The molecule has 0 bridgehead atoms. The standard InChI is InChI=1S/C24H25NO8S/c26-14-20-21(27)22(28)23(29)24(33-20)32-18-9-5-7-16(13-18)15-6-4-8-17(12-15)25-34(30,31)19-10-2-1-3-11-19/h1-13,20-29H,14H2/t20-,21+,22+,23-,24-/m1/s1. The fraction of sp³-hybridized carbons (Fsp3) is 0.250. The quantitative estimate of drug-likeness (QED) is 0.336. The fourth-order valence-corrected chi connectivity index (χ4v) is 4.69. The molecule has 3 aromatic carbocycles. The molecule has 1 aliphatic heterocycles. The lowest BCUT2D eigenvalue weighted by Crippen LogP contribution is -2.60. The number of hydrogen-bond donors (Lipinski definition) is 5. The van der Waals surface area contributed by atoms with Gasteiger partial charge in [-0.05, 0) is 47.5 Å². The number of hydrogen-bond acceptors (Lipinski definition) is 8. The van der Waals surface area contributed by atoms with Crippen LogP contribution in [0.3, 0.4) is 0 Å². The maximum Gasteiger partial charge on any atom is 0.261 e. The number of anilines is 1. The lowest BCUT2D eigenvalue weighted by Gasteiger charge is -2.39. The van der Waals surface area contributed by atoms with Crippen LogP contribution in [0.25, 0.3) is 11.1 Å². The molecule has 1 heterocycles. The van der Waals surface area contributed by atoms with Gasteiger partial charge in [0.25, 0.3) is 10.0 Å². The predicted octanol–water partition coefficient (Wildman–Crippen LogP) is 1.33. The van der Waals surface area contributed by atoms with Gasteiger partial charge < -0.3 is 29.9 Å². The van der Waals surface area contributed by atoms with Crippen LogP contribution < -0.4 is 9.46 Å². The van der Waals surface area contributed by atoms with E-state index in [0.717, 1.165) is 0 Å². The Hall–Kier alpha value is -2.99. The molecule has 5 N–H and O–H groups in total. The van der Waals surface area contributed by atoms with Crippen molar-refractivity contribution < 1.29 is 38.3 Å². The molecule has 1 aliphatic rings. The third-order valence-corrected chi connectivity index (χ3v) is 6.83. The lowest BCUT2D eigenvalue weighted by atomic mass is 9.99. The third-order valence-electron chi connectivity index (χ3n) is 5.44. The first-order valence-electron chi connectivity index (χ1n) is 10.5. The van der Waals surface area contributed by atoms with Gasteiger partial charge in [0.05, 0.1) is 11.5 Å². The van der Waals surface area contributed by atoms with Crippen molar-refractivity contribution >= 4 is 15.7 Å². The Morgan fingerprint density at radius 1 is 0.824 bits per heavy atom. The van der Waals surface area contributed by atoms with Gasteiger partial charge in [-0.25, -0.2) is 8.42 Å². The maximum absolute atomic E-state index is 12.6. The van der Waals surface area contributed by atoms with Crippen LogP contribution in [-0.4, -0.2) is 66.2 Å². The highest BCUT2D eigenvalue weighted by Crippen LogP contribution is 2.29. The monoisotopic (exact) mass is 487 g/mol. The van der Waals surface area contributed by atoms with Crippen LogP contribution in [0, 0.1) is 0 Å². The Morgan fingerprint density at radius 2 is 1.50 bits per heavy atom. The molecule has 0 aliphatic carbocycles. The Bertz CT molecular complexity index is 1220. The van der Waals surface area contributed by atoms with Gasteiger partial charge in [0.2, 0.25) is 6.29 Å². The number of ether oxygens (including phenoxy) is 2. The predicted molar refractivity (Wildman–Crippen MR) is 124 cm³/mol. The van der Waals surface area contributed by atoms with E-state index >= 15 is 0 Å². The van der Waals surface area contributed by atoms with E-state index in [9.17, 15) is 28.8 Å². The number of benzene rings is 3. The zero-order valence-corrected chi connectivity index (χ0v) is 18.7. The van der Waals surface area contributed by atoms with E-state index in [2.05, 4.69) is 4.72 Å². The van der Waals surface area contributed by atoms with E-state index in [1.54, 1.807) is 66.7 Å². The smallest absolute Gasteiger partial charge is 0.261 e. The zero-order chi connectivity index (χ0) is 24.3. The highest BCUT2D eigenvalue weighted by atomic mass is 32.2. The fourth-order valence-electron chi connectivity index (χ4n) is 3.62. The molecule has 1 saturated heterocycles. The molecule has 4 rings (SSSR count). The molecule has 34 heavy (non-hydrogen) atoms. The molecular formula is C24H25NO8S. The minimum atomic E-state index is -3.75. The number of aliphatic hydroxyl groups excluding tert-OH is 4. The largest absolute Gasteiger partial charge is 0.462 e. The summed E-state index contributed by atoms with van der Waals surface area (Å²) in [5.74, 6) is 0.303. The van der Waals surface area contributed by atoms with E-state index < -0.39 is 47.3 Å². The molecule has 180 valence electrons. The van der Waals surface area contributed by atoms with Crippen molar-refractivity contribution in [1.29, 1.82) is 0 Å². The summed E-state index contributed by atoms with van der Waals surface area (Å²) in [7, 11) is -3.75. The Kier molecular flexibility index (Phi) is 7.17. The van der Waals surface area contributed by atoms with Crippen molar-refractivity contribution in [2.75, 3.05) is 11.3 Å². The van der Waals surface area contributed by atoms with Crippen molar-refractivity contribution in [2.45, 2.75) is 35.6 Å². The summed E-state index contributed by atoms with van der Waals surface area (Å²) in [6.07, 6.45) is -6.95. The summed E-state index contributed by atoms with van der Waals surface area (Å²) in [5, 5.41) is 39.4. The molecule has 0 amide bonds. The van der Waals surface area contributed by atoms with Gasteiger partial charge in [0.1, 0.15) is 30.2 Å². The first-order chi connectivity index (χ1) is 16.3. The highest BCUT2D eigenvalue weighted by Gasteiger charge is 2.44. The minimum Gasteiger partial charge on any atom is -0.462 e. The van der Waals surface area contributed by atoms with E-state index in [-0.39, 0.29) is 4.90 Å². The van der Waals surface area contributed by atoms with Crippen LogP contribution in [0.2, 0.25) is 0 Å². The van der Waals surface area contributed by atoms with Crippen molar-refractivity contribution in [1.82, 2.24) is 0 Å². The Morgan fingerprint density at radius 3 is 2.21 bits per heavy atom. The van der Waals surface area contributed by atoms with E-state index in [4.69, 9.17) is 9.47 Å². The van der Waals surface area contributed by atoms with Gasteiger partial charge in [-0.1, -0.05) is 42.5 Å². The Labute approximate surface area is 196 Å². The number of nitrogens with one attached hydrogen (secondary N) is 1. The zero-order valence-electron chi connectivity index (χ0n) is 17.9. The lowest BCUT2D eigenvalue weighted by molar-refractivity contribution is -0.277. The van der Waals surface area contributed by atoms with Crippen LogP contribution in [0.4, 0.5) is 5.69 Å². The molecule has 10 heteroatoms. The van der Waals surface area contributed by atoms with E-state index in [1.807, 2.05) is 0 Å². The van der Waals surface area contributed by atoms with Gasteiger partial charge in [-0.15, -0.1) is 0 Å². The average molecular weight is 488 g/mol. The molecule has 0 spiro atoms. The normalized spacial score (nSPS) is 25.0. The topological polar surface area (TPSA) is 146 Å². The van der Waals surface area contributed by atoms with Gasteiger partial charge in [-0.2, -0.15) is 0 Å². The number of sulfonamides is 1. The second-order valence-corrected chi connectivity index (χ2v) is 9.52. The SMILES string of the molecule is O=S(=O)(Nc1cccc(-c2cccc(O[C@@H]3O[C@H](CO)[C@H](O)[C@H](O)[C@H]3O)c2)c1)c1ccccc1. The first-order valence-corrected chi connectivity index (χ1v) is 12.0. The molecule has 0 unspecified atom stereocenters. The third kappa shape index (κ3) is 5.22. The summed E-state index contributed by atoms with van der Waals surface area (Å²) in [6.45, 7) is -0.559. The molecule has 1 fully saturated rings. The van der Waals surface area contributed by atoms with E-state index in [1.165, 1.54) is 12.1 Å². The summed E-state index contributed by atoms with van der Waals surface area (Å²) in [5.41, 5.74) is 1.77. The van der Waals surface area contributed by atoms with Crippen LogP contribution in [0.15, 0.2) is 83.8 Å². The van der Waals surface area contributed by atoms with Gasteiger partial charge in [0, 0.05) is 5.69 Å². The summed E-state index contributed by atoms with van der Waals surface area (Å²) in [4.78, 5) is 0.148. The average Bonchev–Trinajstić information content (AvgIpc) is 2.85. The number of aliphatic hydroxyl groups is 4. The summed E-state index contributed by atoms with van der Waals surface area (Å²) >= 11 is 0. The molecule has 0 saturated carbocycles. The van der Waals surface area contributed by atoms with Crippen molar-refractivity contribution in [3.8, 4) is 16.9 Å². The molecule has 0 radical (unpaired) electrons. The molecule has 0 aromatic heterocycles. The first kappa shape index (κ1) is 24.1. The van der Waals surface area contributed by atoms with Crippen molar-refractivity contribution in [3.63, 3.8) is 0 Å². The second kappa shape index (κ2) is 10.1. The van der Waals surface area contributed by atoms with Crippen molar-refractivity contribution in [3.05, 3.63) is 78.9 Å².